The van der Waals surface area contributed by atoms with Crippen LogP contribution in [0.2, 0.25) is 0 Å². The number of nitrogens with one attached hydrogen (secondary N) is 1. The van der Waals surface area contributed by atoms with Crippen LogP contribution in [0.4, 0.5) is 5.69 Å². The third kappa shape index (κ3) is 4.26. The molecule has 26 heavy (non-hydrogen) atoms. The largest absolute Gasteiger partial charge is 0.489 e. The molecule has 134 valence electrons. The number of anilines is 1. The van der Waals surface area contributed by atoms with Gasteiger partial charge < -0.3 is 14.6 Å². The van der Waals surface area contributed by atoms with Crippen LogP contribution in [0.25, 0.3) is 0 Å². The number of hydrogen-bond acceptors (Lipinski definition) is 5. The molecule has 0 aliphatic heterocycles. The van der Waals surface area contributed by atoms with E-state index in [0.717, 1.165) is 27.6 Å². The van der Waals surface area contributed by atoms with Gasteiger partial charge in [0.2, 0.25) is 0 Å². The number of ether oxygens (including phenoxy) is 1. The van der Waals surface area contributed by atoms with Gasteiger partial charge in [-0.15, -0.1) is 11.8 Å². The summed E-state index contributed by atoms with van der Waals surface area (Å²) >= 11 is 1.63. The summed E-state index contributed by atoms with van der Waals surface area (Å²) in [6.45, 7) is 4.08. The molecule has 0 saturated heterocycles. The Labute approximate surface area is 156 Å². The fraction of sp³-hybridized carbons (Fsp3) is 0.200. The summed E-state index contributed by atoms with van der Waals surface area (Å²) in [6.07, 6.45) is 2.00. The number of amides is 1. The van der Waals surface area contributed by atoms with Crippen LogP contribution in [-0.4, -0.2) is 17.3 Å². The van der Waals surface area contributed by atoms with Crippen LogP contribution in [-0.2, 0) is 6.61 Å². The average Bonchev–Trinajstić information content (AvgIpc) is 2.98. The van der Waals surface area contributed by atoms with Gasteiger partial charge in [-0.1, -0.05) is 17.3 Å². The maximum atomic E-state index is 12.5. The number of hydrogen-bond donors (Lipinski definition) is 1. The quantitative estimate of drug-likeness (QED) is 0.631. The predicted octanol–water partition coefficient (Wildman–Crippen LogP) is 4.84. The van der Waals surface area contributed by atoms with E-state index >= 15 is 0 Å². The third-order valence-electron chi connectivity index (χ3n) is 3.99. The smallest absolute Gasteiger partial charge is 0.255 e. The summed E-state index contributed by atoms with van der Waals surface area (Å²) in [5, 5.41) is 6.83. The first-order chi connectivity index (χ1) is 12.6. The van der Waals surface area contributed by atoms with E-state index in [1.165, 1.54) is 0 Å². The summed E-state index contributed by atoms with van der Waals surface area (Å²) in [7, 11) is 0. The van der Waals surface area contributed by atoms with Gasteiger partial charge >= 0.3 is 0 Å². The van der Waals surface area contributed by atoms with Crippen LogP contribution in [0.5, 0.6) is 5.75 Å². The van der Waals surface area contributed by atoms with E-state index in [4.69, 9.17) is 9.26 Å². The molecule has 1 N–H and O–H groups in total. The molecular weight excluding hydrogens is 348 g/mol. The Morgan fingerprint density at radius 2 is 2.00 bits per heavy atom. The highest BCUT2D eigenvalue weighted by molar-refractivity contribution is 7.98. The second-order valence-electron chi connectivity index (χ2n) is 5.81. The number of carbonyl (C=O) groups excluding carboxylic acids is 1. The highest BCUT2D eigenvalue weighted by Gasteiger charge is 2.11. The summed E-state index contributed by atoms with van der Waals surface area (Å²) < 4.78 is 10.9. The Morgan fingerprint density at radius 1 is 1.19 bits per heavy atom. The zero-order chi connectivity index (χ0) is 18.5. The molecule has 1 aromatic heterocycles. The van der Waals surface area contributed by atoms with Crippen LogP contribution in [0.15, 0.2) is 57.9 Å². The first kappa shape index (κ1) is 18.1. The number of benzene rings is 2. The molecule has 3 rings (SSSR count). The van der Waals surface area contributed by atoms with E-state index in [1.54, 1.807) is 30.0 Å². The molecule has 1 heterocycles. The molecule has 0 atom stereocenters. The van der Waals surface area contributed by atoms with E-state index in [1.807, 2.05) is 50.4 Å². The lowest BCUT2D eigenvalue weighted by molar-refractivity contribution is 0.102. The molecule has 0 saturated carbocycles. The first-order valence-corrected chi connectivity index (χ1v) is 9.39. The zero-order valence-corrected chi connectivity index (χ0v) is 15.7. The van der Waals surface area contributed by atoms with Gasteiger partial charge in [0.25, 0.3) is 5.91 Å². The number of thioether (sulfide) groups is 1. The summed E-state index contributed by atoms with van der Waals surface area (Å²) in [5.74, 6) is 1.19. The second kappa shape index (κ2) is 8.10. The van der Waals surface area contributed by atoms with Crippen molar-refractivity contribution in [3.05, 3.63) is 71.1 Å². The van der Waals surface area contributed by atoms with Gasteiger partial charge in [0, 0.05) is 16.1 Å². The SMILES string of the molecule is CSc1cccc(NC(=O)c2cccc(OCc3c(C)noc3C)c2)c1. The van der Waals surface area contributed by atoms with Crippen molar-refractivity contribution < 1.29 is 14.1 Å². The van der Waals surface area contributed by atoms with E-state index in [-0.39, 0.29) is 5.91 Å². The second-order valence-corrected chi connectivity index (χ2v) is 6.68. The summed E-state index contributed by atoms with van der Waals surface area (Å²) in [6, 6.07) is 14.9. The van der Waals surface area contributed by atoms with Crippen molar-refractivity contribution >= 4 is 23.4 Å². The highest BCUT2D eigenvalue weighted by Crippen LogP contribution is 2.21. The van der Waals surface area contributed by atoms with Gasteiger partial charge in [0.1, 0.15) is 18.1 Å². The highest BCUT2D eigenvalue weighted by atomic mass is 32.2. The Balaban J connectivity index is 1.69. The fourth-order valence-electron chi connectivity index (χ4n) is 2.49. The Kier molecular flexibility index (Phi) is 5.63. The lowest BCUT2D eigenvalue weighted by Gasteiger charge is -2.09. The molecule has 0 radical (unpaired) electrons. The minimum atomic E-state index is -0.175. The van der Waals surface area contributed by atoms with Gasteiger partial charge in [-0.2, -0.15) is 0 Å². The molecule has 0 bridgehead atoms. The van der Waals surface area contributed by atoms with Crippen LogP contribution in [0, 0.1) is 13.8 Å². The van der Waals surface area contributed by atoms with Crippen molar-refractivity contribution in [3.8, 4) is 5.75 Å². The molecule has 0 aliphatic rings. The van der Waals surface area contributed by atoms with Crippen molar-refractivity contribution in [1.29, 1.82) is 0 Å². The first-order valence-electron chi connectivity index (χ1n) is 8.17. The van der Waals surface area contributed by atoms with Gasteiger partial charge in [-0.25, -0.2) is 0 Å². The minimum absolute atomic E-state index is 0.175. The Bertz CT molecular complexity index is 901. The van der Waals surface area contributed by atoms with Gasteiger partial charge in [0.15, 0.2) is 0 Å². The maximum Gasteiger partial charge on any atom is 0.255 e. The normalized spacial score (nSPS) is 10.6. The minimum Gasteiger partial charge on any atom is -0.489 e. The topological polar surface area (TPSA) is 64.4 Å². The lowest BCUT2D eigenvalue weighted by atomic mass is 10.2. The standard InChI is InChI=1S/C20H20N2O3S/c1-13-19(14(2)25-22-13)12-24-17-8-4-6-15(10-17)20(23)21-16-7-5-9-18(11-16)26-3/h4-11H,12H2,1-3H3,(H,21,23). The van der Waals surface area contributed by atoms with Gasteiger partial charge in [-0.3, -0.25) is 4.79 Å². The summed E-state index contributed by atoms with van der Waals surface area (Å²) in [5.41, 5.74) is 3.04. The number of rotatable bonds is 6. The molecule has 5 nitrogen and oxygen atoms in total. The lowest BCUT2D eigenvalue weighted by Crippen LogP contribution is -2.12. The molecule has 0 unspecified atom stereocenters. The van der Waals surface area contributed by atoms with E-state index < -0.39 is 0 Å². The number of nitrogens with zero attached hydrogens (tertiary/aromatic N) is 1. The van der Waals surface area contributed by atoms with Gasteiger partial charge in [-0.05, 0) is 56.5 Å². The van der Waals surface area contributed by atoms with Gasteiger partial charge in [0.05, 0.1) is 11.3 Å². The van der Waals surface area contributed by atoms with Crippen LogP contribution >= 0.6 is 11.8 Å². The van der Waals surface area contributed by atoms with Crippen LogP contribution in [0.1, 0.15) is 27.4 Å². The van der Waals surface area contributed by atoms with Crippen molar-refractivity contribution in [3.63, 3.8) is 0 Å². The molecule has 2 aromatic carbocycles. The zero-order valence-electron chi connectivity index (χ0n) is 14.9. The molecule has 1 amide bonds. The van der Waals surface area contributed by atoms with Crippen molar-refractivity contribution in [1.82, 2.24) is 5.16 Å². The molecular formula is C20H20N2O3S. The monoisotopic (exact) mass is 368 g/mol. The van der Waals surface area contributed by atoms with Crippen LogP contribution in [0.3, 0.4) is 0 Å². The maximum absolute atomic E-state index is 12.5. The van der Waals surface area contributed by atoms with Crippen molar-refractivity contribution in [2.24, 2.45) is 0 Å². The number of aryl methyl sites for hydroxylation is 2. The molecule has 0 spiro atoms. The molecule has 0 fully saturated rings. The fourth-order valence-corrected chi connectivity index (χ4v) is 2.95. The number of carbonyl (C=O) groups is 1. The predicted molar refractivity (Wildman–Crippen MR) is 103 cm³/mol. The van der Waals surface area contributed by atoms with E-state index in [0.29, 0.717) is 17.9 Å². The molecule has 3 aromatic rings. The van der Waals surface area contributed by atoms with Crippen molar-refractivity contribution in [2.45, 2.75) is 25.3 Å². The van der Waals surface area contributed by atoms with E-state index in [9.17, 15) is 4.79 Å². The Morgan fingerprint density at radius 3 is 2.73 bits per heavy atom. The van der Waals surface area contributed by atoms with Crippen LogP contribution < -0.4 is 10.1 Å². The van der Waals surface area contributed by atoms with Crippen molar-refractivity contribution in [2.75, 3.05) is 11.6 Å². The van der Waals surface area contributed by atoms with E-state index in [2.05, 4.69) is 10.5 Å². The molecule has 0 aliphatic carbocycles. The average molecular weight is 368 g/mol. The Hall–Kier alpha value is -2.73. The number of aromatic nitrogens is 1. The molecule has 6 heteroatoms. The summed E-state index contributed by atoms with van der Waals surface area (Å²) in [4.78, 5) is 13.6. The third-order valence-corrected chi connectivity index (χ3v) is 4.71.